The molecule has 1 aromatic rings. The summed E-state index contributed by atoms with van der Waals surface area (Å²) in [6.45, 7) is 13.6. The van der Waals surface area contributed by atoms with Crippen LogP contribution in [0.4, 0.5) is 0 Å². The van der Waals surface area contributed by atoms with Crippen LogP contribution in [0.3, 0.4) is 0 Å². The van der Waals surface area contributed by atoms with E-state index in [0.717, 1.165) is 17.9 Å². The molecule has 0 amide bonds. The predicted octanol–water partition coefficient (Wildman–Crippen LogP) is -2.41. The largest absolute Gasteiger partial charge is 0.497 e. The highest BCUT2D eigenvalue weighted by atomic mass is 16.8. The molecule has 16 N–H and O–H groups in total. The molecule has 12 aliphatic rings. The van der Waals surface area contributed by atoms with E-state index >= 15 is 4.79 Å². The Hall–Kier alpha value is -4.54. The van der Waals surface area contributed by atoms with Crippen LogP contribution in [0.1, 0.15) is 125 Å². The number of ether oxygens (including phenoxy) is 16. The molecule has 0 spiro atoms. The molecule has 4 saturated carbocycles. The van der Waals surface area contributed by atoms with Crippen molar-refractivity contribution in [2.75, 3.05) is 33.5 Å². The first kappa shape index (κ1) is 87.3. The molecule has 642 valence electrons. The number of aliphatic hydroxyl groups excluding tert-OH is 15. The Balaban J connectivity index is 0.752. The van der Waals surface area contributed by atoms with Gasteiger partial charge in [0.05, 0.1) is 62.7 Å². The number of methoxy groups -OCH3 is 1. The van der Waals surface area contributed by atoms with E-state index in [0.29, 0.717) is 69.1 Å². The fourth-order valence-electron chi connectivity index (χ4n) is 20.8. The van der Waals surface area contributed by atoms with Gasteiger partial charge in [-0.1, -0.05) is 65.3 Å². The maximum absolute atomic E-state index is 16.1. The van der Waals surface area contributed by atoms with Gasteiger partial charge in [-0.05, 0) is 141 Å². The topological polar surface area (TPSA) is 540 Å². The lowest BCUT2D eigenvalue weighted by atomic mass is 9.33. The second-order valence-electron chi connectivity index (χ2n) is 35.1. The number of aldehydes is 1. The molecule has 0 bridgehead atoms. The van der Waals surface area contributed by atoms with E-state index < -0.39 is 280 Å². The van der Waals surface area contributed by atoms with E-state index in [1.165, 1.54) is 27.0 Å². The van der Waals surface area contributed by atoms with Gasteiger partial charge in [-0.2, -0.15) is 0 Å². The third kappa shape index (κ3) is 15.9. The highest BCUT2D eigenvalue weighted by Crippen LogP contribution is 2.76. The van der Waals surface area contributed by atoms with E-state index in [-0.39, 0.29) is 17.8 Å². The number of hydrogen-bond donors (Lipinski definition) is 16. The number of esters is 2. The molecular formula is C78H114O36. The number of hydrogen-bond acceptors (Lipinski definition) is 35. The molecule has 36 heteroatoms. The molecule has 0 unspecified atom stereocenters. The van der Waals surface area contributed by atoms with E-state index in [4.69, 9.17) is 75.8 Å². The fourth-order valence-corrected chi connectivity index (χ4v) is 20.8. The van der Waals surface area contributed by atoms with Crippen molar-refractivity contribution in [3.05, 3.63) is 47.6 Å². The number of allylic oxidation sites excluding steroid dienone is 2. The number of aliphatic hydroxyl groups is 15. The molecule has 7 heterocycles. The van der Waals surface area contributed by atoms with Crippen LogP contribution >= 0.6 is 0 Å². The quantitative estimate of drug-likeness (QED) is 0.0213. The molecule has 114 heavy (non-hydrogen) atoms. The molecule has 11 fully saturated rings. The Kier molecular flexibility index (Phi) is 25.9. The molecule has 13 rings (SSSR count). The molecule has 7 saturated heterocycles. The summed E-state index contributed by atoms with van der Waals surface area (Å²) in [5.74, 6) is -3.69. The zero-order valence-corrected chi connectivity index (χ0v) is 65.0. The Bertz CT molecular complexity index is 3590. The van der Waals surface area contributed by atoms with Crippen LogP contribution in [-0.4, -0.2) is 336 Å². The predicted molar refractivity (Wildman–Crippen MR) is 381 cm³/mol. The monoisotopic (exact) mass is 1630 g/mol. The number of carboxylic acid groups (broad SMARTS) is 1. The van der Waals surface area contributed by atoms with Gasteiger partial charge in [0.1, 0.15) is 128 Å². The second-order valence-corrected chi connectivity index (χ2v) is 35.1. The third-order valence-electron chi connectivity index (χ3n) is 27.8. The minimum absolute atomic E-state index is 0.112. The van der Waals surface area contributed by atoms with E-state index in [1.54, 1.807) is 31.2 Å². The maximum atomic E-state index is 16.1. The van der Waals surface area contributed by atoms with Gasteiger partial charge >= 0.3 is 17.9 Å². The fraction of sp³-hybridized carbons (Fsp3) is 0.821. The van der Waals surface area contributed by atoms with Crippen LogP contribution < -0.4 is 4.74 Å². The summed E-state index contributed by atoms with van der Waals surface area (Å²) >= 11 is 0. The smallest absolute Gasteiger partial charge is 0.335 e. The number of carboxylic acids is 1. The summed E-state index contributed by atoms with van der Waals surface area (Å²) in [5, 5.41) is 176. The van der Waals surface area contributed by atoms with E-state index in [2.05, 4.69) is 40.7 Å². The molecule has 0 aromatic heterocycles. The van der Waals surface area contributed by atoms with Crippen LogP contribution in [0.25, 0.3) is 6.08 Å². The van der Waals surface area contributed by atoms with Crippen molar-refractivity contribution < 1.29 is 177 Å². The normalized spacial score (nSPS) is 50.3. The van der Waals surface area contributed by atoms with Crippen LogP contribution in [0.5, 0.6) is 5.75 Å². The van der Waals surface area contributed by atoms with Crippen molar-refractivity contribution in [1.82, 2.24) is 0 Å². The second kappa shape index (κ2) is 33.8. The average Bonchev–Trinajstić information content (AvgIpc) is 0.676. The lowest BCUT2D eigenvalue weighted by Crippen LogP contribution is -2.68. The van der Waals surface area contributed by atoms with Crippen molar-refractivity contribution in [2.24, 2.45) is 50.2 Å². The van der Waals surface area contributed by atoms with Crippen LogP contribution in [0.15, 0.2) is 42.0 Å². The number of carbonyl (C=O) groups is 4. The van der Waals surface area contributed by atoms with Gasteiger partial charge in [0.2, 0.25) is 6.29 Å². The van der Waals surface area contributed by atoms with Crippen LogP contribution in [-0.2, 0) is 90.2 Å². The summed E-state index contributed by atoms with van der Waals surface area (Å²) < 4.78 is 96.0. The average molecular weight is 1630 g/mol. The summed E-state index contributed by atoms with van der Waals surface area (Å²) in [7, 11) is 1.51. The summed E-state index contributed by atoms with van der Waals surface area (Å²) in [6.07, 6.45) is -45.5. The molecule has 36 nitrogen and oxygen atoms in total. The summed E-state index contributed by atoms with van der Waals surface area (Å²) in [6, 6.07) is 6.77. The molecule has 1 aromatic carbocycles. The standard InChI is InChI=1S/C78H114O36/c1-32-57(108-68-56(95)59(41(83)30-103-68)109-65-50(89)46(85)38(80)27-100-65)49(88)53(92)69(104-32)112-62-54(93)58(107-45(84)17-12-34-10-13-35(99-9)14-11-34)33(2)105-70(62)114-72(98)78-24-22-73(3,4)26-37(78)36-15-16-43-74(5)20-19-44(75(6,31-79)42(74)18-21-77(43,8)76(36,7)23-25-78)106-71-63(113-67-52(91)48(87)40(82)29-102-67)60(55(94)61(111-71)64(96)97)110-66-51(90)47(86)39(81)28-101-66/h10-15,17,31-33,37-44,46-63,65-71,80-83,85-95H,16,18-30H2,1-9H3,(H,96,97)/b17-12+/t32-,33+,37-,38+,39+,40-,41+,42+,43+,44-,46-,47-,48-,49-,50+,51+,52+,53+,54-,55-,56+,57-,58-,59-,60-,61-,62+,63+,65-,66-,67-,68-,69-,70-,71+,74-,75-,76+,77+,78-/m0/s1. The van der Waals surface area contributed by atoms with Gasteiger partial charge in [0, 0.05) is 6.08 Å². The van der Waals surface area contributed by atoms with Gasteiger partial charge in [-0.3, -0.25) is 4.79 Å². The minimum atomic E-state index is -2.16. The Morgan fingerprint density at radius 1 is 0.482 bits per heavy atom. The van der Waals surface area contributed by atoms with Gasteiger partial charge in [0.15, 0.2) is 56.1 Å². The maximum Gasteiger partial charge on any atom is 0.335 e. The minimum Gasteiger partial charge on any atom is -0.497 e. The lowest BCUT2D eigenvalue weighted by Gasteiger charge is -2.71. The van der Waals surface area contributed by atoms with Gasteiger partial charge in [0.25, 0.3) is 0 Å². The number of fused-ring (bicyclic) bond motifs is 7. The van der Waals surface area contributed by atoms with Crippen molar-refractivity contribution in [1.29, 1.82) is 0 Å². The van der Waals surface area contributed by atoms with Gasteiger partial charge < -0.3 is 162 Å². The van der Waals surface area contributed by atoms with Crippen LogP contribution in [0, 0.1) is 50.2 Å². The van der Waals surface area contributed by atoms with Crippen LogP contribution in [0.2, 0.25) is 0 Å². The summed E-state index contributed by atoms with van der Waals surface area (Å²) in [5.41, 5.74) is -2.96. The van der Waals surface area contributed by atoms with Crippen molar-refractivity contribution in [3.63, 3.8) is 0 Å². The third-order valence-corrected chi connectivity index (χ3v) is 27.8. The highest BCUT2D eigenvalue weighted by Gasteiger charge is 2.72. The number of benzene rings is 1. The summed E-state index contributed by atoms with van der Waals surface area (Å²) in [4.78, 5) is 57.1. The number of rotatable bonds is 20. The molecule has 0 radical (unpaired) electrons. The SMILES string of the molecule is COc1ccc(/C=C/C(=O)O[C@@H]2[C@H](O)[C@@H](O[C@@H]3O[C@@H](C)[C@H](O[C@@H]4OC[C@@H](O)[C@H](O[C@@H]5OC[C@@H](O)[C@H](O)[C@H]5O)[C@H]4O)[C@@H](O)[C@H]3O)[C@H](OC(=O)[C@]34CCC(C)(C)C[C@H]3C3=CC[C@@H]5[C@@]6(C)CC[C@H](O[C@@H]7O[C@H](C(=O)O)[C@@H](O)[C@H](O[C@@H]8OC[C@@H](O)[C@H](O)[C@H]8O)[C@H]7O[C@@H]7OC[C@H](O)[C@H](O)[C@H]7O)[C@@](C)(C=O)[C@@H]6CC[C@@]5(C)[C@]3(C)CC4)O[C@@H]2C)cc1. The zero-order valence-electron chi connectivity index (χ0n) is 65.0. The van der Waals surface area contributed by atoms with E-state index in [1.807, 2.05) is 0 Å². The zero-order chi connectivity index (χ0) is 82.5. The lowest BCUT2D eigenvalue weighted by molar-refractivity contribution is -0.386. The van der Waals surface area contributed by atoms with Gasteiger partial charge in [-0.15, -0.1) is 0 Å². The molecular weight excluding hydrogens is 1510 g/mol. The van der Waals surface area contributed by atoms with E-state index in [9.17, 15) is 96.1 Å². The molecule has 40 atom stereocenters. The van der Waals surface area contributed by atoms with Crippen molar-refractivity contribution in [2.45, 2.75) is 316 Å². The molecule has 7 aliphatic heterocycles. The first-order chi connectivity index (χ1) is 53.7. The number of carbonyl (C=O) groups excluding carboxylic acids is 3. The molecule has 5 aliphatic carbocycles. The number of aliphatic carboxylic acids is 1. The van der Waals surface area contributed by atoms with Gasteiger partial charge in [-0.25, -0.2) is 9.59 Å². The Morgan fingerprint density at radius 3 is 1.60 bits per heavy atom. The highest BCUT2D eigenvalue weighted by molar-refractivity contribution is 5.87. The first-order valence-electron chi connectivity index (χ1n) is 39.4. The van der Waals surface area contributed by atoms with Crippen molar-refractivity contribution >= 4 is 30.3 Å². The van der Waals surface area contributed by atoms with Crippen molar-refractivity contribution in [3.8, 4) is 5.75 Å². The first-order valence-corrected chi connectivity index (χ1v) is 39.4. The Labute approximate surface area is 657 Å². The Morgan fingerprint density at radius 2 is 1.01 bits per heavy atom.